The maximum atomic E-state index is 13.6. The molecule has 0 unspecified atom stereocenters. The first-order valence-corrected chi connectivity index (χ1v) is 10.2. The molecule has 0 saturated carbocycles. The lowest BCUT2D eigenvalue weighted by molar-refractivity contribution is -0.121. The van der Waals surface area contributed by atoms with E-state index >= 15 is 0 Å². The molecule has 0 saturated heterocycles. The summed E-state index contributed by atoms with van der Waals surface area (Å²) >= 11 is 4.40. The van der Waals surface area contributed by atoms with E-state index in [-0.39, 0.29) is 17.0 Å². The van der Waals surface area contributed by atoms with Crippen molar-refractivity contribution < 1.29 is 9.18 Å². The molecule has 1 amide bonds. The lowest BCUT2D eigenvalue weighted by atomic mass is 10.1. The summed E-state index contributed by atoms with van der Waals surface area (Å²) in [6.45, 7) is 7.22. The lowest BCUT2D eigenvalue weighted by Gasteiger charge is -2.15. The van der Waals surface area contributed by atoms with Crippen LogP contribution in [0.4, 0.5) is 4.39 Å². The van der Waals surface area contributed by atoms with Crippen molar-refractivity contribution in [2.45, 2.75) is 64.8 Å². The van der Waals surface area contributed by atoms with Gasteiger partial charge in [-0.2, -0.15) is 12.6 Å². The highest BCUT2D eigenvalue weighted by atomic mass is 32.1. The second kappa shape index (κ2) is 10.5. The SMILES string of the molecule is CCCCc1ncc(CNC(=O)[C@H](S)CC(C)C)n1Cc1cccc(F)c1. The minimum absolute atomic E-state index is 0.0688. The minimum atomic E-state index is -0.316. The molecular weight excluding hydrogens is 361 g/mol. The third kappa shape index (κ3) is 6.69. The van der Waals surface area contributed by atoms with Crippen molar-refractivity contribution in [2.75, 3.05) is 0 Å². The predicted octanol–water partition coefficient (Wildman–Crippen LogP) is 4.37. The van der Waals surface area contributed by atoms with Gasteiger partial charge in [-0.05, 0) is 36.5 Å². The van der Waals surface area contributed by atoms with Crippen LogP contribution >= 0.6 is 12.6 Å². The van der Waals surface area contributed by atoms with E-state index in [0.29, 0.717) is 19.0 Å². The van der Waals surface area contributed by atoms with Gasteiger partial charge in [0.2, 0.25) is 5.91 Å². The number of aryl methyl sites for hydroxylation is 1. The molecule has 0 aliphatic rings. The number of hydrogen-bond acceptors (Lipinski definition) is 3. The van der Waals surface area contributed by atoms with Crippen LogP contribution in [0.2, 0.25) is 0 Å². The molecule has 6 heteroatoms. The fraction of sp³-hybridized carbons (Fsp3) is 0.524. The molecule has 1 aromatic heterocycles. The molecule has 1 atom stereocenters. The fourth-order valence-electron chi connectivity index (χ4n) is 2.99. The van der Waals surface area contributed by atoms with Gasteiger partial charge < -0.3 is 9.88 Å². The van der Waals surface area contributed by atoms with Crippen molar-refractivity contribution in [1.29, 1.82) is 0 Å². The Morgan fingerprint density at radius 3 is 2.81 bits per heavy atom. The van der Waals surface area contributed by atoms with Gasteiger partial charge >= 0.3 is 0 Å². The van der Waals surface area contributed by atoms with E-state index in [1.165, 1.54) is 6.07 Å². The zero-order chi connectivity index (χ0) is 19.8. The molecule has 2 aromatic rings. The molecule has 0 aliphatic heterocycles. The first kappa shape index (κ1) is 21.5. The predicted molar refractivity (Wildman–Crippen MR) is 110 cm³/mol. The van der Waals surface area contributed by atoms with Crippen LogP contribution in [0.3, 0.4) is 0 Å². The summed E-state index contributed by atoms with van der Waals surface area (Å²) in [4.78, 5) is 16.8. The van der Waals surface area contributed by atoms with Crippen molar-refractivity contribution in [3.05, 3.63) is 53.4 Å². The van der Waals surface area contributed by atoms with Gasteiger partial charge in [0.05, 0.1) is 23.7 Å². The average Bonchev–Trinajstić information content (AvgIpc) is 2.99. The van der Waals surface area contributed by atoms with E-state index in [4.69, 9.17) is 0 Å². The lowest BCUT2D eigenvalue weighted by Crippen LogP contribution is -2.32. The van der Waals surface area contributed by atoms with Crippen LogP contribution in [0.1, 0.15) is 57.1 Å². The molecule has 148 valence electrons. The monoisotopic (exact) mass is 391 g/mol. The number of nitrogens with one attached hydrogen (secondary N) is 1. The number of hydrogen-bond donors (Lipinski definition) is 2. The van der Waals surface area contributed by atoms with Gasteiger partial charge in [0, 0.05) is 13.0 Å². The first-order chi connectivity index (χ1) is 12.9. The smallest absolute Gasteiger partial charge is 0.233 e. The van der Waals surface area contributed by atoms with Gasteiger partial charge in [-0.3, -0.25) is 4.79 Å². The Balaban J connectivity index is 2.13. The number of carbonyl (C=O) groups excluding carboxylic acids is 1. The van der Waals surface area contributed by atoms with Crippen molar-refractivity contribution in [3.8, 4) is 0 Å². The Morgan fingerprint density at radius 1 is 1.37 bits per heavy atom. The third-order valence-electron chi connectivity index (χ3n) is 4.45. The Kier molecular flexibility index (Phi) is 8.35. The maximum Gasteiger partial charge on any atom is 0.233 e. The largest absolute Gasteiger partial charge is 0.350 e. The highest BCUT2D eigenvalue weighted by molar-refractivity contribution is 7.81. The molecular formula is C21H30FN3OS. The quantitative estimate of drug-likeness (QED) is 0.591. The van der Waals surface area contributed by atoms with Crippen LogP contribution in [-0.4, -0.2) is 20.7 Å². The second-order valence-electron chi connectivity index (χ2n) is 7.35. The molecule has 1 heterocycles. The number of rotatable bonds is 10. The highest BCUT2D eigenvalue weighted by Crippen LogP contribution is 2.15. The molecule has 0 radical (unpaired) electrons. The molecule has 4 nitrogen and oxygen atoms in total. The summed E-state index contributed by atoms with van der Waals surface area (Å²) in [7, 11) is 0. The van der Waals surface area contributed by atoms with E-state index in [9.17, 15) is 9.18 Å². The van der Waals surface area contributed by atoms with E-state index < -0.39 is 0 Å². The van der Waals surface area contributed by atoms with Gasteiger partial charge in [0.25, 0.3) is 0 Å². The molecule has 1 aromatic carbocycles. The van der Waals surface area contributed by atoms with Gasteiger partial charge in [0.15, 0.2) is 0 Å². The summed E-state index contributed by atoms with van der Waals surface area (Å²) in [5.41, 5.74) is 1.80. The summed E-state index contributed by atoms with van der Waals surface area (Å²) < 4.78 is 15.6. The Labute approximate surface area is 167 Å². The molecule has 1 N–H and O–H groups in total. The van der Waals surface area contributed by atoms with Crippen LogP contribution in [0, 0.1) is 11.7 Å². The number of thiol groups is 1. The molecule has 0 spiro atoms. The van der Waals surface area contributed by atoms with Gasteiger partial charge in [-0.25, -0.2) is 9.37 Å². The summed E-state index contributed by atoms with van der Waals surface area (Å²) in [6, 6.07) is 6.60. The summed E-state index contributed by atoms with van der Waals surface area (Å²) in [6.07, 6.45) is 5.52. The van der Waals surface area contributed by atoms with Crippen molar-refractivity contribution in [1.82, 2.24) is 14.9 Å². The number of amides is 1. The van der Waals surface area contributed by atoms with Crippen LogP contribution < -0.4 is 5.32 Å². The Morgan fingerprint density at radius 2 is 2.15 bits per heavy atom. The van der Waals surface area contributed by atoms with Crippen LogP contribution in [-0.2, 0) is 24.3 Å². The molecule has 0 aliphatic carbocycles. The van der Waals surface area contributed by atoms with E-state index in [1.54, 1.807) is 18.3 Å². The number of aromatic nitrogens is 2. The van der Waals surface area contributed by atoms with Crippen molar-refractivity contribution in [2.24, 2.45) is 5.92 Å². The maximum absolute atomic E-state index is 13.6. The number of benzene rings is 1. The normalized spacial score (nSPS) is 12.4. The Hall–Kier alpha value is -1.82. The van der Waals surface area contributed by atoms with Gasteiger partial charge in [-0.15, -0.1) is 0 Å². The first-order valence-electron chi connectivity index (χ1n) is 9.64. The molecule has 0 bridgehead atoms. The van der Waals surface area contributed by atoms with E-state index in [0.717, 1.165) is 42.8 Å². The number of unbranched alkanes of at least 4 members (excludes halogenated alkanes) is 1. The topological polar surface area (TPSA) is 46.9 Å². The zero-order valence-electron chi connectivity index (χ0n) is 16.4. The summed E-state index contributed by atoms with van der Waals surface area (Å²) in [5.74, 6) is 1.07. The number of nitrogens with zero attached hydrogens (tertiary/aromatic N) is 2. The fourth-order valence-corrected chi connectivity index (χ4v) is 3.50. The molecule has 2 rings (SSSR count). The molecule has 27 heavy (non-hydrogen) atoms. The number of imidazole rings is 1. The van der Waals surface area contributed by atoms with Crippen LogP contribution in [0.5, 0.6) is 0 Å². The number of carbonyl (C=O) groups is 1. The minimum Gasteiger partial charge on any atom is -0.350 e. The van der Waals surface area contributed by atoms with E-state index in [2.05, 4.69) is 48.3 Å². The third-order valence-corrected chi connectivity index (χ3v) is 4.89. The van der Waals surface area contributed by atoms with Gasteiger partial charge in [-0.1, -0.05) is 39.3 Å². The zero-order valence-corrected chi connectivity index (χ0v) is 17.3. The van der Waals surface area contributed by atoms with Crippen LogP contribution in [0.15, 0.2) is 30.5 Å². The van der Waals surface area contributed by atoms with E-state index in [1.807, 2.05) is 6.07 Å². The Bertz CT molecular complexity index is 745. The molecule has 0 fully saturated rings. The van der Waals surface area contributed by atoms with Crippen molar-refractivity contribution in [3.63, 3.8) is 0 Å². The average molecular weight is 392 g/mol. The van der Waals surface area contributed by atoms with Gasteiger partial charge in [0.1, 0.15) is 11.6 Å². The standard InChI is InChI=1S/C21H30FN3OS/c1-4-5-9-20-23-12-18(13-24-21(26)19(27)10-15(2)3)25(20)14-16-7-6-8-17(22)11-16/h6-8,11-12,15,19,27H,4-5,9-10,13-14H2,1-3H3,(H,24,26)/t19-/m1/s1. The number of halogens is 1. The second-order valence-corrected chi connectivity index (χ2v) is 7.97. The summed E-state index contributed by atoms with van der Waals surface area (Å²) in [5, 5.41) is 2.65. The van der Waals surface area contributed by atoms with Crippen molar-refractivity contribution >= 4 is 18.5 Å². The highest BCUT2D eigenvalue weighted by Gasteiger charge is 2.17. The van der Waals surface area contributed by atoms with Crippen LogP contribution in [0.25, 0.3) is 0 Å².